The average molecular weight is 321 g/mol. The number of aliphatic hydroxyl groups excluding tert-OH is 1. The van der Waals surface area contributed by atoms with Crippen molar-refractivity contribution in [2.24, 2.45) is 0 Å². The number of benzene rings is 1. The molecule has 0 aromatic heterocycles. The number of halogens is 2. The smallest absolute Gasteiger partial charge is 0.156 e. The number of hydrogen-bond donors (Lipinski definition) is 3. The van der Waals surface area contributed by atoms with Crippen molar-refractivity contribution in [3.8, 4) is 5.75 Å². The summed E-state index contributed by atoms with van der Waals surface area (Å²) in [5.74, 6) is 0.539. The molecule has 0 saturated carbocycles. The first kappa shape index (κ1) is 17.5. The van der Waals surface area contributed by atoms with Gasteiger partial charge in [-0.1, -0.05) is 23.2 Å². The van der Waals surface area contributed by atoms with E-state index < -0.39 is 0 Å². The molecule has 0 amide bonds. The van der Waals surface area contributed by atoms with Crippen LogP contribution in [0.3, 0.4) is 0 Å². The second-order valence-electron chi connectivity index (χ2n) is 4.71. The molecule has 0 atom stereocenters. The average Bonchev–Trinajstić information content (AvgIpc) is 2.38. The minimum atomic E-state index is 0.0339. The Hall–Kier alpha value is -0.520. The topological polar surface area (TPSA) is 53.5 Å². The molecule has 114 valence electrons. The van der Waals surface area contributed by atoms with Crippen LogP contribution in [0.15, 0.2) is 12.1 Å². The highest BCUT2D eigenvalue weighted by molar-refractivity contribution is 6.37. The molecule has 1 aromatic carbocycles. The van der Waals surface area contributed by atoms with E-state index in [0.29, 0.717) is 28.9 Å². The molecule has 1 aromatic rings. The highest BCUT2D eigenvalue weighted by atomic mass is 35.5. The molecule has 3 N–H and O–H groups in total. The molecular formula is C14H22Cl2N2O2. The molecule has 0 spiro atoms. The van der Waals surface area contributed by atoms with Crippen molar-refractivity contribution in [2.45, 2.75) is 26.5 Å². The summed E-state index contributed by atoms with van der Waals surface area (Å²) >= 11 is 12.4. The minimum Gasteiger partial charge on any atom is -0.488 e. The van der Waals surface area contributed by atoms with Gasteiger partial charge in [-0.25, -0.2) is 0 Å². The van der Waals surface area contributed by atoms with Crippen LogP contribution in [0.5, 0.6) is 5.75 Å². The van der Waals surface area contributed by atoms with Crippen LogP contribution in [0.2, 0.25) is 10.0 Å². The molecule has 0 aliphatic carbocycles. The van der Waals surface area contributed by atoms with E-state index in [1.165, 1.54) is 0 Å². The van der Waals surface area contributed by atoms with E-state index in [2.05, 4.69) is 10.6 Å². The molecule has 0 unspecified atom stereocenters. The lowest BCUT2D eigenvalue weighted by atomic mass is 10.2. The van der Waals surface area contributed by atoms with Gasteiger partial charge in [-0.2, -0.15) is 0 Å². The van der Waals surface area contributed by atoms with Gasteiger partial charge in [0.15, 0.2) is 5.75 Å². The molecule has 4 nitrogen and oxygen atoms in total. The van der Waals surface area contributed by atoms with Gasteiger partial charge in [0.05, 0.1) is 22.8 Å². The fourth-order valence-electron chi connectivity index (χ4n) is 1.68. The highest BCUT2D eigenvalue weighted by Gasteiger charge is 2.11. The van der Waals surface area contributed by atoms with Crippen LogP contribution in [-0.2, 0) is 6.54 Å². The van der Waals surface area contributed by atoms with Crippen molar-refractivity contribution in [2.75, 3.05) is 26.2 Å². The normalized spacial score (nSPS) is 11.1. The maximum atomic E-state index is 8.63. The van der Waals surface area contributed by atoms with Crippen molar-refractivity contribution < 1.29 is 9.84 Å². The number of aliphatic hydroxyl groups is 1. The Balaban J connectivity index is 2.47. The molecule has 0 saturated heterocycles. The van der Waals surface area contributed by atoms with Crippen LogP contribution in [0.4, 0.5) is 0 Å². The minimum absolute atomic E-state index is 0.0339. The summed E-state index contributed by atoms with van der Waals surface area (Å²) < 4.78 is 5.58. The Bertz CT molecular complexity index is 391. The molecule has 0 radical (unpaired) electrons. The standard InChI is InChI=1S/C14H22Cl2N2O2/c1-10(2)20-14-12(15)7-11(8-13(14)16)9-18-4-3-17-5-6-19/h7-8,10,17-19H,3-6,9H2,1-2H3. The Labute approximate surface area is 130 Å². The lowest BCUT2D eigenvalue weighted by molar-refractivity contribution is 0.242. The summed E-state index contributed by atoms with van der Waals surface area (Å²) in [6.07, 6.45) is 0.0339. The predicted octanol–water partition coefficient (Wildman–Crippen LogP) is 2.45. The number of nitrogens with one attached hydrogen (secondary N) is 2. The Morgan fingerprint density at radius 2 is 1.70 bits per heavy atom. The van der Waals surface area contributed by atoms with Crippen LogP contribution < -0.4 is 15.4 Å². The summed E-state index contributed by atoms with van der Waals surface area (Å²) in [5.41, 5.74) is 1.01. The van der Waals surface area contributed by atoms with Crippen LogP contribution in [-0.4, -0.2) is 37.5 Å². The molecule has 0 fully saturated rings. The largest absolute Gasteiger partial charge is 0.488 e. The van der Waals surface area contributed by atoms with Gasteiger partial charge in [-0.05, 0) is 31.5 Å². The number of ether oxygens (including phenoxy) is 1. The van der Waals surface area contributed by atoms with Crippen LogP contribution in [0, 0.1) is 0 Å². The third-order valence-electron chi connectivity index (χ3n) is 2.51. The van der Waals surface area contributed by atoms with Crippen molar-refractivity contribution in [3.05, 3.63) is 27.7 Å². The Kier molecular flexibility index (Phi) is 8.26. The third-order valence-corrected chi connectivity index (χ3v) is 3.07. The van der Waals surface area contributed by atoms with E-state index in [9.17, 15) is 0 Å². The fraction of sp³-hybridized carbons (Fsp3) is 0.571. The molecule has 0 heterocycles. The zero-order chi connectivity index (χ0) is 15.0. The third kappa shape index (κ3) is 6.29. The summed E-state index contributed by atoms with van der Waals surface area (Å²) in [6.45, 7) is 6.92. The van der Waals surface area contributed by atoms with Crippen LogP contribution in [0.25, 0.3) is 0 Å². The maximum Gasteiger partial charge on any atom is 0.156 e. The zero-order valence-electron chi connectivity index (χ0n) is 11.9. The van der Waals surface area contributed by atoms with E-state index >= 15 is 0 Å². The van der Waals surface area contributed by atoms with Gasteiger partial charge in [-0.15, -0.1) is 0 Å². The van der Waals surface area contributed by atoms with E-state index in [0.717, 1.165) is 18.7 Å². The second kappa shape index (κ2) is 9.42. The van der Waals surface area contributed by atoms with Crippen molar-refractivity contribution in [1.29, 1.82) is 0 Å². The molecular weight excluding hydrogens is 299 g/mol. The number of rotatable bonds is 9. The van der Waals surface area contributed by atoms with Crippen LogP contribution >= 0.6 is 23.2 Å². The van der Waals surface area contributed by atoms with E-state index in [-0.39, 0.29) is 12.7 Å². The first-order valence-corrected chi connectivity index (χ1v) is 7.47. The second-order valence-corrected chi connectivity index (χ2v) is 5.52. The first-order valence-electron chi connectivity index (χ1n) is 6.71. The molecule has 20 heavy (non-hydrogen) atoms. The first-order chi connectivity index (χ1) is 9.54. The molecule has 6 heteroatoms. The summed E-state index contributed by atoms with van der Waals surface area (Å²) in [4.78, 5) is 0. The summed E-state index contributed by atoms with van der Waals surface area (Å²) in [7, 11) is 0. The monoisotopic (exact) mass is 320 g/mol. The Morgan fingerprint density at radius 3 is 2.25 bits per heavy atom. The molecule has 0 aliphatic rings. The predicted molar refractivity (Wildman–Crippen MR) is 83.9 cm³/mol. The van der Waals surface area contributed by atoms with Crippen molar-refractivity contribution in [3.63, 3.8) is 0 Å². The van der Waals surface area contributed by atoms with E-state index in [1.807, 2.05) is 26.0 Å². The number of hydrogen-bond acceptors (Lipinski definition) is 4. The summed E-state index contributed by atoms with van der Waals surface area (Å²) in [5, 5.41) is 16.0. The molecule has 1 rings (SSSR count). The lowest BCUT2D eigenvalue weighted by Gasteiger charge is -2.14. The summed E-state index contributed by atoms with van der Waals surface area (Å²) in [6, 6.07) is 3.72. The van der Waals surface area contributed by atoms with Gasteiger partial charge in [0.25, 0.3) is 0 Å². The molecule has 0 bridgehead atoms. The van der Waals surface area contributed by atoms with Gasteiger partial charge in [0.2, 0.25) is 0 Å². The lowest BCUT2D eigenvalue weighted by Crippen LogP contribution is -2.28. The maximum absolute atomic E-state index is 8.63. The van der Waals surface area contributed by atoms with Crippen LogP contribution in [0.1, 0.15) is 19.4 Å². The van der Waals surface area contributed by atoms with Crippen molar-refractivity contribution >= 4 is 23.2 Å². The van der Waals surface area contributed by atoms with Gasteiger partial charge >= 0.3 is 0 Å². The van der Waals surface area contributed by atoms with Crippen molar-refractivity contribution in [1.82, 2.24) is 10.6 Å². The fourth-order valence-corrected chi connectivity index (χ4v) is 2.30. The zero-order valence-corrected chi connectivity index (χ0v) is 13.4. The SMILES string of the molecule is CC(C)Oc1c(Cl)cc(CNCCNCCO)cc1Cl. The Morgan fingerprint density at radius 1 is 1.10 bits per heavy atom. The van der Waals surface area contributed by atoms with E-state index in [4.69, 9.17) is 33.0 Å². The quantitative estimate of drug-likeness (QED) is 0.612. The van der Waals surface area contributed by atoms with Gasteiger partial charge in [0, 0.05) is 26.2 Å². The molecule has 0 aliphatic heterocycles. The van der Waals surface area contributed by atoms with Gasteiger partial charge in [0.1, 0.15) is 0 Å². The van der Waals surface area contributed by atoms with Gasteiger partial charge < -0.3 is 20.5 Å². The highest BCUT2D eigenvalue weighted by Crippen LogP contribution is 2.34. The van der Waals surface area contributed by atoms with E-state index in [1.54, 1.807) is 0 Å². The van der Waals surface area contributed by atoms with Gasteiger partial charge in [-0.3, -0.25) is 0 Å².